The standard InChI is InChI=1S/2C38H66O31/c2*1-57-28-10(4-40)61-35(24(53)17(28)46)66-29-11(5-41)62-36(25(54)19(29)48)67-30-12(6-42)63-37(26(55)20(30)49)68-31-13(7-43)64-38(27(56)21(31)50)69-32-14(65-33(58-2)23(52)18(32)47)8-59-34-22(51)16(45)15(44)9(3-39)60-34/h2*9-56H,3-8H2,1-2H3/i39D,40D,41D,42D,43D,44D,45D,46D,47D,48D,49D,50D,52D,53D,54D,55D,56D;. The molecule has 62 heteroatoms. The molecule has 0 bridgehead atoms. The maximum Gasteiger partial charge on any atom is 0.211 e. The maximum absolute atomic E-state index is 11.3. The summed E-state index contributed by atoms with van der Waals surface area (Å²) in [6.45, 7) is -9.24. The predicted octanol–water partition coefficient (Wildman–Crippen LogP) is -25.6. The molecule has 12 heterocycles. The van der Waals surface area contributed by atoms with Crippen LogP contribution in [0.2, 0.25) is 0 Å². The average Bonchev–Trinajstić information content (AvgIpc) is 0.756. The Morgan fingerprint density at radius 3 is 0.645 bits per heavy atom. The first kappa shape index (κ1) is 92.8. The van der Waals surface area contributed by atoms with Crippen molar-refractivity contribution in [3.05, 3.63) is 0 Å². The lowest BCUT2D eigenvalue weighted by molar-refractivity contribution is -0.394. The lowest BCUT2D eigenvalue weighted by Crippen LogP contribution is -2.68. The molecule has 36 N–H and O–H groups in total. The Morgan fingerprint density at radius 2 is 0.355 bits per heavy atom. The summed E-state index contributed by atoms with van der Waals surface area (Å²) in [5, 5.41) is 283. The second kappa shape index (κ2) is 51.6. The molecule has 60 unspecified atom stereocenters. The molecule has 0 aliphatic carbocycles. The van der Waals surface area contributed by atoms with Gasteiger partial charge in [-0.2, -0.15) is 0 Å². The van der Waals surface area contributed by atoms with E-state index in [4.69, 9.17) is 199 Å². The van der Waals surface area contributed by atoms with Crippen LogP contribution in [0.1, 0.15) is 0 Å². The monoisotopic (exact) mass is 2050 g/mol. The van der Waals surface area contributed by atoms with Gasteiger partial charge < -0.3 is 307 Å². The van der Waals surface area contributed by atoms with Gasteiger partial charge in [-0.1, -0.05) is 0 Å². The summed E-state index contributed by atoms with van der Waals surface area (Å²) in [7, 11) is 4.68. The summed E-state index contributed by atoms with van der Waals surface area (Å²) >= 11 is 0. The first-order valence-electron chi connectivity index (χ1n) is 50.4. The van der Waals surface area contributed by atoms with Gasteiger partial charge in [0.2, 0.25) is 24.3 Å². The Morgan fingerprint density at radius 1 is 0.167 bits per heavy atom. The van der Waals surface area contributed by atoms with Gasteiger partial charge in [-0.15, -0.1) is 0 Å². The van der Waals surface area contributed by atoms with Crippen LogP contribution in [0.4, 0.5) is 0 Å². The minimum absolute atomic E-state index is 0.487. The van der Waals surface area contributed by atoms with E-state index >= 15 is 0 Å². The van der Waals surface area contributed by atoms with Crippen molar-refractivity contribution in [1.29, 1.82) is 24.3 Å². The third-order valence-corrected chi connectivity index (χ3v) is 25.4. The molecule has 12 fully saturated rings. The Labute approximate surface area is 806 Å². The maximum atomic E-state index is 11.3. The van der Waals surface area contributed by atoms with Crippen LogP contribution >= 0.6 is 0 Å². The quantitative estimate of drug-likeness (QED) is 0.0269. The van der Waals surface area contributed by atoms with Crippen LogP contribution in [0, 0.1) is 0 Å². The van der Waals surface area contributed by atoms with Crippen molar-refractivity contribution >= 4 is 0 Å². The molecule has 0 aromatic carbocycles. The van der Waals surface area contributed by atoms with Crippen LogP contribution in [0.25, 0.3) is 0 Å². The van der Waals surface area contributed by atoms with Crippen molar-refractivity contribution in [2.75, 3.05) is 108 Å². The van der Waals surface area contributed by atoms with Crippen LogP contribution in [-0.4, -0.2) is 684 Å². The van der Waals surface area contributed by atoms with Gasteiger partial charge in [0, 0.05) is 28.4 Å². The fraction of sp³-hybridized carbons (Fsp3) is 1.00. The Hall–Kier alpha value is -2.48. The summed E-state index contributed by atoms with van der Waals surface area (Å²) in [6.07, 6.45) is -104. The summed E-state index contributed by atoms with van der Waals surface area (Å²) < 4.78 is 281. The third kappa shape index (κ3) is 24.8. The summed E-state index contributed by atoms with van der Waals surface area (Å²) in [5.41, 5.74) is 0. The van der Waals surface area contributed by atoms with Crippen LogP contribution < -0.4 is 0 Å². The van der Waals surface area contributed by atoms with Gasteiger partial charge in [-0.25, -0.2) is 0 Å². The zero-order valence-corrected chi connectivity index (χ0v) is 73.2. The van der Waals surface area contributed by atoms with Gasteiger partial charge in [-0.05, 0) is 0 Å². The number of hydrogen-bond acceptors (Lipinski definition) is 62. The summed E-state index contributed by atoms with van der Waals surface area (Å²) in [4.78, 5) is 0. The molecule has 12 saturated heterocycles. The smallest absolute Gasteiger partial charge is 0.211 e. The highest BCUT2D eigenvalue weighted by Crippen LogP contribution is 2.42. The fourth-order valence-corrected chi connectivity index (χ4v) is 17.5. The van der Waals surface area contributed by atoms with E-state index in [2.05, 4.69) is 35.8 Å². The molecule has 0 radical (unpaired) electrons. The zero-order valence-electron chi connectivity index (χ0n) is 90.2. The molecule has 62 nitrogen and oxygen atoms in total. The molecule has 138 heavy (non-hydrogen) atoms. The number of ether oxygens (including phenoxy) is 26. The number of aliphatic hydroxyl groups excluding tert-OH is 36. The van der Waals surface area contributed by atoms with Crippen molar-refractivity contribution < 1.29 is 307 Å². The molecule has 0 aromatic heterocycles. The van der Waals surface area contributed by atoms with Crippen molar-refractivity contribution in [1.82, 2.24) is 0 Å². The van der Waals surface area contributed by atoms with Gasteiger partial charge in [0.15, 0.2) is 75.5 Å². The van der Waals surface area contributed by atoms with Crippen molar-refractivity contribution in [2.45, 2.75) is 368 Å². The minimum atomic E-state index is -2.16. The predicted molar refractivity (Wildman–Crippen MR) is 417 cm³/mol. The largest absolute Gasteiger partial charge is 0.394 e. The number of methoxy groups -OCH3 is 4. The summed E-state index contributed by atoms with van der Waals surface area (Å²) in [5.74, 6) is 0. The lowest BCUT2D eigenvalue weighted by atomic mass is 9.95. The van der Waals surface area contributed by atoms with Crippen LogP contribution in [0.15, 0.2) is 0 Å². The van der Waals surface area contributed by atoms with Crippen molar-refractivity contribution in [3.63, 3.8) is 0 Å². The number of aliphatic hydroxyl groups is 36. The van der Waals surface area contributed by atoms with Gasteiger partial charge in [0.25, 0.3) is 0 Å². The molecule has 12 aliphatic rings. The highest BCUT2D eigenvalue weighted by molar-refractivity contribution is 5.04. The molecule has 12 aliphatic heterocycles. The molecular weight excluding hydrogens is 1900 g/mol. The van der Waals surface area contributed by atoms with E-state index < -0.39 is 448 Å². The van der Waals surface area contributed by atoms with E-state index in [1.807, 2.05) is 0 Å². The van der Waals surface area contributed by atoms with Gasteiger partial charge in [0.1, 0.15) is 293 Å². The van der Waals surface area contributed by atoms with E-state index in [9.17, 15) is 97.0 Å². The normalized spacial score (nSPS) is 53.8. The van der Waals surface area contributed by atoms with Crippen LogP contribution in [0.5, 0.6) is 0 Å². The molecule has 12 rings (SSSR count). The Balaban J connectivity index is 0.000000300. The van der Waals surface area contributed by atoms with E-state index in [1.165, 1.54) is 14.2 Å². The molecule has 0 aromatic rings. The van der Waals surface area contributed by atoms with Gasteiger partial charge >= 0.3 is 0 Å². The zero-order chi connectivity index (χ0) is 114. The molecular formula is C76H132O62. The SMILES string of the molecule is COC1OC(COC2OC(CO)C(O)C(O)C2O)C(OC2OC(CO)C(OC3OC(CO)C(OC4OC(CO)C(OC5OC(CO)C(OC)C(O)C5O)C(O)C4O)C(O)C3O)C(O)C2O)C(O)C1O.[2H]OCC1OC(OCC2OC(OC)C(O[2H])C(O[2H])C2OC2OC(CO[2H])C(OC3OC(CO[2H])C(OC4OC(CO[2H])C(OC5OC(CO[2H])C(OC)C(O[2H])C5O[2H])C(O[2H])C4O[2H])C(O[2H])C3O[2H])C(O[2H])C2O[2H])C(O)C(O[2H])C1O[2H]. The molecule has 0 saturated carbocycles. The van der Waals surface area contributed by atoms with Crippen molar-refractivity contribution in [3.8, 4) is 0 Å². The van der Waals surface area contributed by atoms with Gasteiger partial charge in [-0.3, -0.25) is 0 Å². The molecule has 0 spiro atoms. The lowest BCUT2D eigenvalue weighted by Gasteiger charge is -2.49. The fourth-order valence-electron chi connectivity index (χ4n) is 17.5. The second-order valence-corrected chi connectivity index (χ2v) is 34.0. The van der Waals surface area contributed by atoms with Gasteiger partial charge in [0.05, 0.1) is 79.3 Å². The van der Waals surface area contributed by atoms with Crippen LogP contribution in [-0.2, 0) is 123 Å². The van der Waals surface area contributed by atoms with Crippen molar-refractivity contribution in [2.24, 2.45) is 0 Å². The van der Waals surface area contributed by atoms with E-state index in [0.29, 0.717) is 0 Å². The molecule has 808 valence electrons. The Kier molecular flexibility index (Phi) is 34.7. The third-order valence-electron chi connectivity index (χ3n) is 25.4. The minimum Gasteiger partial charge on any atom is -0.394 e. The topological polar surface area (TPSA) is 968 Å². The van der Waals surface area contributed by atoms with E-state index in [0.717, 1.165) is 14.2 Å². The summed E-state index contributed by atoms with van der Waals surface area (Å²) in [6, 6.07) is 0. The number of hydrogen-bond donors (Lipinski definition) is 36. The van der Waals surface area contributed by atoms with E-state index in [1.54, 1.807) is 0 Å². The highest BCUT2D eigenvalue weighted by Gasteiger charge is 2.62. The number of rotatable bonds is 53. The highest BCUT2D eigenvalue weighted by atomic mass is 16.8. The second-order valence-electron chi connectivity index (χ2n) is 34.0. The Bertz CT molecular complexity index is 3910. The molecule has 0 amide bonds. The first-order chi connectivity index (χ1) is 74.5. The van der Waals surface area contributed by atoms with Crippen LogP contribution in [0.3, 0.4) is 0 Å². The average molecular weight is 2050 g/mol. The first-order valence-corrected chi connectivity index (χ1v) is 43.4. The van der Waals surface area contributed by atoms with E-state index in [-0.39, 0.29) is 0 Å². The molecule has 60 atom stereocenters.